The molecule has 0 saturated heterocycles. The number of nitrogens with zero attached hydrogens (tertiary/aromatic N) is 1. The number of sulfonamides is 1. The van der Waals surface area contributed by atoms with Gasteiger partial charge in [0.1, 0.15) is 0 Å². The SMILES string of the molecule is Cc1ccc(C)c(S(=O)(=O)NCC(C)(O)CN(C)C)c1. The molecule has 0 aromatic heterocycles. The van der Waals surface area contributed by atoms with E-state index < -0.39 is 15.6 Å². The standard InChI is InChI=1S/C14H24N2O3S/c1-11-6-7-12(2)13(8-11)20(18,19)15-9-14(3,17)10-16(4)5/h6-8,15,17H,9-10H2,1-5H3. The van der Waals surface area contributed by atoms with Crippen molar-refractivity contribution in [3.63, 3.8) is 0 Å². The summed E-state index contributed by atoms with van der Waals surface area (Å²) in [4.78, 5) is 2.07. The lowest BCUT2D eigenvalue weighted by atomic mass is 10.1. The molecule has 0 radical (unpaired) electrons. The highest BCUT2D eigenvalue weighted by Gasteiger charge is 2.25. The molecule has 1 unspecified atom stereocenters. The van der Waals surface area contributed by atoms with Crippen LogP contribution < -0.4 is 4.72 Å². The van der Waals surface area contributed by atoms with E-state index in [0.29, 0.717) is 12.1 Å². The highest BCUT2D eigenvalue weighted by atomic mass is 32.2. The van der Waals surface area contributed by atoms with Gasteiger partial charge < -0.3 is 10.0 Å². The molecule has 0 amide bonds. The van der Waals surface area contributed by atoms with E-state index in [4.69, 9.17) is 0 Å². The molecule has 0 saturated carbocycles. The van der Waals surface area contributed by atoms with Crippen LogP contribution in [0.4, 0.5) is 0 Å². The quantitative estimate of drug-likeness (QED) is 0.819. The Morgan fingerprint density at radius 2 is 1.90 bits per heavy atom. The second-order valence-electron chi connectivity index (χ2n) is 5.83. The highest BCUT2D eigenvalue weighted by Crippen LogP contribution is 2.17. The summed E-state index contributed by atoms with van der Waals surface area (Å²) in [5.41, 5.74) is 0.459. The molecule has 1 rings (SSSR count). The van der Waals surface area contributed by atoms with Crippen LogP contribution in [0, 0.1) is 13.8 Å². The zero-order valence-electron chi connectivity index (χ0n) is 12.8. The first-order valence-electron chi connectivity index (χ1n) is 6.47. The molecular formula is C14H24N2O3S. The molecule has 5 nitrogen and oxygen atoms in total. The zero-order valence-corrected chi connectivity index (χ0v) is 13.6. The van der Waals surface area contributed by atoms with E-state index in [1.807, 2.05) is 32.0 Å². The van der Waals surface area contributed by atoms with Crippen LogP contribution in [0.2, 0.25) is 0 Å². The summed E-state index contributed by atoms with van der Waals surface area (Å²) in [7, 11) is 0.0432. The van der Waals surface area contributed by atoms with E-state index in [1.165, 1.54) is 0 Å². The van der Waals surface area contributed by atoms with Gasteiger partial charge in [-0.25, -0.2) is 13.1 Å². The number of hydrogen-bond donors (Lipinski definition) is 2. The molecule has 0 aliphatic carbocycles. The molecule has 0 spiro atoms. The Balaban J connectivity index is 2.88. The van der Waals surface area contributed by atoms with Crippen molar-refractivity contribution in [1.82, 2.24) is 9.62 Å². The van der Waals surface area contributed by atoms with E-state index in [0.717, 1.165) is 5.56 Å². The van der Waals surface area contributed by atoms with Crippen molar-refractivity contribution in [2.75, 3.05) is 27.2 Å². The van der Waals surface area contributed by atoms with Crippen LogP contribution in [0.25, 0.3) is 0 Å². The van der Waals surface area contributed by atoms with E-state index in [2.05, 4.69) is 4.72 Å². The van der Waals surface area contributed by atoms with Crippen LogP contribution >= 0.6 is 0 Å². The summed E-state index contributed by atoms with van der Waals surface area (Å²) >= 11 is 0. The topological polar surface area (TPSA) is 69.6 Å². The number of aryl methyl sites for hydroxylation is 2. The number of benzene rings is 1. The Bertz CT molecular complexity index is 566. The lowest BCUT2D eigenvalue weighted by Crippen LogP contribution is -2.47. The Morgan fingerprint density at radius 1 is 1.30 bits per heavy atom. The Hall–Kier alpha value is -0.950. The number of likely N-dealkylation sites (N-methyl/N-ethyl adjacent to an activating group) is 1. The van der Waals surface area contributed by atoms with Crippen molar-refractivity contribution in [3.8, 4) is 0 Å². The molecule has 114 valence electrons. The summed E-state index contributed by atoms with van der Waals surface area (Å²) in [6, 6.07) is 5.29. The van der Waals surface area contributed by atoms with Gasteiger partial charge in [-0.15, -0.1) is 0 Å². The molecule has 2 N–H and O–H groups in total. The van der Waals surface area contributed by atoms with Gasteiger partial charge in [0.2, 0.25) is 10.0 Å². The number of aliphatic hydroxyl groups is 1. The first-order chi connectivity index (χ1) is 9.03. The van der Waals surface area contributed by atoms with Crippen molar-refractivity contribution < 1.29 is 13.5 Å². The second kappa shape index (κ2) is 6.22. The van der Waals surface area contributed by atoms with Crippen LogP contribution in [0.5, 0.6) is 0 Å². The number of hydrogen-bond acceptors (Lipinski definition) is 4. The molecular weight excluding hydrogens is 276 g/mol. The Morgan fingerprint density at radius 3 is 2.45 bits per heavy atom. The van der Waals surface area contributed by atoms with E-state index in [1.54, 1.807) is 26.0 Å². The molecule has 1 atom stereocenters. The van der Waals surface area contributed by atoms with Gasteiger partial charge in [0, 0.05) is 13.1 Å². The van der Waals surface area contributed by atoms with Crippen molar-refractivity contribution in [2.45, 2.75) is 31.3 Å². The van der Waals surface area contributed by atoms with Gasteiger partial charge in [-0.3, -0.25) is 0 Å². The van der Waals surface area contributed by atoms with Crippen molar-refractivity contribution in [1.29, 1.82) is 0 Å². The summed E-state index contributed by atoms with van der Waals surface area (Å²) in [6.07, 6.45) is 0. The summed E-state index contributed by atoms with van der Waals surface area (Å²) in [5, 5.41) is 10.2. The molecule has 0 aliphatic rings. The average Bonchev–Trinajstić information content (AvgIpc) is 2.28. The molecule has 6 heteroatoms. The zero-order chi connectivity index (χ0) is 15.6. The van der Waals surface area contributed by atoms with Crippen LogP contribution in [0.1, 0.15) is 18.1 Å². The van der Waals surface area contributed by atoms with Gasteiger partial charge in [-0.2, -0.15) is 0 Å². The Labute approximate surface area is 121 Å². The average molecular weight is 300 g/mol. The third-order valence-corrected chi connectivity index (χ3v) is 4.48. The maximum absolute atomic E-state index is 12.3. The highest BCUT2D eigenvalue weighted by molar-refractivity contribution is 7.89. The van der Waals surface area contributed by atoms with Crippen molar-refractivity contribution in [2.24, 2.45) is 0 Å². The van der Waals surface area contributed by atoms with Gasteiger partial charge >= 0.3 is 0 Å². The predicted molar refractivity (Wildman–Crippen MR) is 80.3 cm³/mol. The minimum absolute atomic E-state index is 0.0269. The molecule has 0 bridgehead atoms. The second-order valence-corrected chi connectivity index (χ2v) is 7.56. The molecule has 1 aromatic carbocycles. The summed E-state index contributed by atoms with van der Waals surface area (Å²) in [5.74, 6) is 0. The third kappa shape index (κ3) is 4.86. The van der Waals surface area contributed by atoms with Crippen LogP contribution in [-0.2, 0) is 10.0 Å². The van der Waals surface area contributed by atoms with Gasteiger partial charge in [-0.05, 0) is 52.1 Å². The first-order valence-corrected chi connectivity index (χ1v) is 7.96. The molecule has 0 fully saturated rings. The van der Waals surface area contributed by atoms with E-state index >= 15 is 0 Å². The minimum atomic E-state index is -3.61. The van der Waals surface area contributed by atoms with Crippen LogP contribution in [-0.4, -0.2) is 51.2 Å². The minimum Gasteiger partial charge on any atom is -0.387 e. The third-order valence-electron chi connectivity index (χ3n) is 2.93. The number of nitrogens with one attached hydrogen (secondary N) is 1. The van der Waals surface area contributed by atoms with Gasteiger partial charge in [0.05, 0.1) is 10.5 Å². The van der Waals surface area contributed by atoms with E-state index in [9.17, 15) is 13.5 Å². The van der Waals surface area contributed by atoms with Crippen LogP contribution in [0.15, 0.2) is 23.1 Å². The fourth-order valence-corrected chi connectivity index (χ4v) is 3.55. The molecule has 0 heterocycles. The summed E-state index contributed by atoms with van der Waals surface area (Å²) in [6.45, 7) is 5.56. The lowest BCUT2D eigenvalue weighted by Gasteiger charge is -2.27. The van der Waals surface area contributed by atoms with Crippen molar-refractivity contribution >= 4 is 10.0 Å². The van der Waals surface area contributed by atoms with Gasteiger partial charge in [-0.1, -0.05) is 12.1 Å². The van der Waals surface area contributed by atoms with Gasteiger partial charge in [0.15, 0.2) is 0 Å². The predicted octanol–water partition coefficient (Wildman–Crippen LogP) is 0.894. The summed E-state index contributed by atoms with van der Waals surface area (Å²) < 4.78 is 27.1. The van der Waals surface area contributed by atoms with E-state index in [-0.39, 0.29) is 11.4 Å². The maximum atomic E-state index is 12.3. The normalized spacial score (nSPS) is 15.3. The molecule has 20 heavy (non-hydrogen) atoms. The molecule has 0 aliphatic heterocycles. The van der Waals surface area contributed by atoms with Crippen molar-refractivity contribution in [3.05, 3.63) is 29.3 Å². The fourth-order valence-electron chi connectivity index (χ4n) is 2.06. The lowest BCUT2D eigenvalue weighted by molar-refractivity contribution is 0.0386. The maximum Gasteiger partial charge on any atom is 0.240 e. The molecule has 1 aromatic rings. The van der Waals surface area contributed by atoms with Gasteiger partial charge in [0.25, 0.3) is 0 Å². The number of rotatable bonds is 6. The Kier molecular flexibility index (Phi) is 5.32. The fraction of sp³-hybridized carbons (Fsp3) is 0.571. The largest absolute Gasteiger partial charge is 0.387 e. The monoisotopic (exact) mass is 300 g/mol. The van der Waals surface area contributed by atoms with Crippen LogP contribution in [0.3, 0.4) is 0 Å². The smallest absolute Gasteiger partial charge is 0.240 e. The first kappa shape index (κ1) is 17.1.